The molecule has 0 spiro atoms. The minimum Gasteiger partial charge on any atom is -0.422 e. The van der Waals surface area contributed by atoms with E-state index in [4.69, 9.17) is 9.68 Å². The van der Waals surface area contributed by atoms with Gasteiger partial charge in [0.05, 0.1) is 18.1 Å². The normalized spacial score (nSPS) is 10.6. The van der Waals surface area contributed by atoms with Crippen LogP contribution in [0, 0.1) is 25.2 Å². The van der Waals surface area contributed by atoms with E-state index >= 15 is 0 Å². The molecule has 0 amide bonds. The monoisotopic (exact) mass is 289 g/mol. The van der Waals surface area contributed by atoms with E-state index in [1.54, 1.807) is 0 Å². The second-order valence-electron chi connectivity index (χ2n) is 5.40. The molecule has 0 aliphatic heterocycles. The molecule has 0 aliphatic carbocycles. The summed E-state index contributed by atoms with van der Waals surface area (Å²) in [6, 6.07) is 15.7. The molecule has 0 bridgehead atoms. The Morgan fingerprint density at radius 3 is 2.55 bits per heavy atom. The van der Waals surface area contributed by atoms with Gasteiger partial charge in [-0.1, -0.05) is 36.4 Å². The first-order chi connectivity index (χ1) is 10.6. The molecule has 0 radical (unpaired) electrons. The van der Waals surface area contributed by atoms with Crippen molar-refractivity contribution in [2.75, 3.05) is 0 Å². The van der Waals surface area contributed by atoms with Crippen LogP contribution in [-0.4, -0.2) is 0 Å². The Morgan fingerprint density at radius 1 is 1.14 bits per heavy atom. The van der Waals surface area contributed by atoms with Crippen LogP contribution in [0.25, 0.3) is 22.1 Å². The molecule has 3 heteroatoms. The Hall–Kier alpha value is -2.86. The summed E-state index contributed by atoms with van der Waals surface area (Å²) in [4.78, 5) is 12.3. The van der Waals surface area contributed by atoms with Crippen LogP contribution in [0.1, 0.15) is 16.7 Å². The number of hydrogen-bond acceptors (Lipinski definition) is 3. The van der Waals surface area contributed by atoms with Gasteiger partial charge in [0.25, 0.3) is 0 Å². The van der Waals surface area contributed by atoms with Crippen molar-refractivity contribution in [3.63, 3.8) is 0 Å². The van der Waals surface area contributed by atoms with Gasteiger partial charge in [0.1, 0.15) is 5.58 Å². The van der Waals surface area contributed by atoms with Crippen LogP contribution in [-0.2, 0) is 6.42 Å². The van der Waals surface area contributed by atoms with Crippen molar-refractivity contribution in [1.29, 1.82) is 5.26 Å². The van der Waals surface area contributed by atoms with Gasteiger partial charge in [0, 0.05) is 10.9 Å². The van der Waals surface area contributed by atoms with Crippen molar-refractivity contribution < 1.29 is 4.42 Å². The predicted molar refractivity (Wildman–Crippen MR) is 86.7 cm³/mol. The summed E-state index contributed by atoms with van der Waals surface area (Å²) < 4.78 is 5.49. The third-order valence-electron chi connectivity index (χ3n) is 3.75. The van der Waals surface area contributed by atoms with E-state index in [2.05, 4.69) is 6.07 Å². The molecule has 1 heterocycles. The van der Waals surface area contributed by atoms with E-state index in [1.165, 1.54) is 0 Å². The first-order valence-corrected chi connectivity index (χ1v) is 7.11. The highest BCUT2D eigenvalue weighted by molar-refractivity contribution is 5.96. The Kier molecular flexibility index (Phi) is 3.52. The maximum absolute atomic E-state index is 12.3. The minimum atomic E-state index is -0.431. The zero-order valence-electron chi connectivity index (χ0n) is 12.5. The molecule has 0 fully saturated rings. The number of rotatable bonds is 2. The van der Waals surface area contributed by atoms with Crippen LogP contribution < -0.4 is 5.63 Å². The fourth-order valence-corrected chi connectivity index (χ4v) is 2.87. The quantitative estimate of drug-likeness (QED) is 0.666. The van der Waals surface area contributed by atoms with E-state index in [1.807, 2.05) is 56.3 Å². The zero-order chi connectivity index (χ0) is 15.7. The highest BCUT2D eigenvalue weighted by atomic mass is 16.4. The summed E-state index contributed by atoms with van der Waals surface area (Å²) in [6.07, 6.45) is 0.0372. The fraction of sp³-hybridized carbons (Fsp3) is 0.158. The molecule has 108 valence electrons. The maximum Gasteiger partial charge on any atom is 0.341 e. The molecule has 3 nitrogen and oxygen atoms in total. The summed E-state index contributed by atoms with van der Waals surface area (Å²) in [5.41, 5.74) is 4.34. The summed E-state index contributed by atoms with van der Waals surface area (Å²) in [7, 11) is 0. The van der Waals surface area contributed by atoms with E-state index < -0.39 is 5.63 Å². The van der Waals surface area contributed by atoms with E-state index in [9.17, 15) is 4.79 Å². The lowest BCUT2D eigenvalue weighted by molar-refractivity contribution is 0.551. The van der Waals surface area contributed by atoms with Gasteiger partial charge >= 0.3 is 5.63 Å². The van der Waals surface area contributed by atoms with Crippen LogP contribution in [0.4, 0.5) is 0 Å². The second-order valence-corrected chi connectivity index (χ2v) is 5.40. The number of fused-ring (bicyclic) bond motifs is 1. The lowest BCUT2D eigenvalue weighted by Gasteiger charge is -2.12. The van der Waals surface area contributed by atoms with Gasteiger partial charge in [-0.05, 0) is 36.6 Å². The van der Waals surface area contributed by atoms with Crippen molar-refractivity contribution in [3.8, 4) is 17.2 Å². The molecule has 0 atom stereocenters. The highest BCUT2D eigenvalue weighted by Gasteiger charge is 2.17. The van der Waals surface area contributed by atoms with Gasteiger partial charge in [-0.3, -0.25) is 0 Å². The highest BCUT2D eigenvalue weighted by Crippen LogP contribution is 2.32. The molecule has 0 saturated heterocycles. The molecular formula is C19H15NO2. The smallest absolute Gasteiger partial charge is 0.341 e. The second kappa shape index (κ2) is 5.50. The zero-order valence-corrected chi connectivity index (χ0v) is 12.5. The lowest BCUT2D eigenvalue weighted by Crippen LogP contribution is -2.10. The van der Waals surface area contributed by atoms with E-state index in [-0.39, 0.29) is 6.42 Å². The molecule has 0 saturated carbocycles. The van der Waals surface area contributed by atoms with Crippen molar-refractivity contribution in [2.24, 2.45) is 0 Å². The number of nitriles is 1. The van der Waals surface area contributed by atoms with Crippen LogP contribution in [0.2, 0.25) is 0 Å². The standard InChI is InChI=1S/C19H15NO2/c1-12-10-13(2)18-16(11-12)17(14-6-4-3-5-7-14)15(8-9-20)19(21)22-18/h3-7,10-11H,8H2,1-2H3. The van der Waals surface area contributed by atoms with Gasteiger partial charge in [-0.25, -0.2) is 4.79 Å². The number of aryl methyl sites for hydroxylation is 2. The molecule has 1 aromatic heterocycles. The summed E-state index contributed by atoms with van der Waals surface area (Å²) >= 11 is 0. The Labute approximate surface area is 128 Å². The summed E-state index contributed by atoms with van der Waals surface area (Å²) in [6.45, 7) is 3.94. The van der Waals surface area contributed by atoms with Crippen LogP contribution in [0.3, 0.4) is 0 Å². The van der Waals surface area contributed by atoms with Crippen LogP contribution >= 0.6 is 0 Å². The Morgan fingerprint density at radius 2 is 1.86 bits per heavy atom. The van der Waals surface area contributed by atoms with Gasteiger partial charge in [0.15, 0.2) is 0 Å². The lowest BCUT2D eigenvalue weighted by atomic mass is 9.94. The van der Waals surface area contributed by atoms with E-state index in [0.717, 1.165) is 27.6 Å². The van der Waals surface area contributed by atoms with Crippen molar-refractivity contribution >= 4 is 11.0 Å². The largest absolute Gasteiger partial charge is 0.422 e. The average molecular weight is 289 g/mol. The third-order valence-corrected chi connectivity index (χ3v) is 3.75. The fourth-order valence-electron chi connectivity index (χ4n) is 2.87. The molecule has 3 aromatic rings. The number of hydrogen-bond donors (Lipinski definition) is 0. The Bertz CT molecular complexity index is 947. The number of benzene rings is 2. The summed E-state index contributed by atoms with van der Waals surface area (Å²) in [5.74, 6) is 0. The predicted octanol–water partition coefficient (Wildman–Crippen LogP) is 4.14. The van der Waals surface area contributed by atoms with Crippen molar-refractivity contribution in [1.82, 2.24) is 0 Å². The topological polar surface area (TPSA) is 54.0 Å². The minimum absolute atomic E-state index is 0.0372. The SMILES string of the molecule is Cc1cc(C)c2oc(=O)c(CC#N)c(-c3ccccc3)c2c1. The molecule has 0 N–H and O–H groups in total. The molecule has 3 rings (SSSR count). The van der Waals surface area contributed by atoms with Gasteiger partial charge < -0.3 is 4.42 Å². The number of nitrogens with zero attached hydrogens (tertiary/aromatic N) is 1. The van der Waals surface area contributed by atoms with Gasteiger partial charge in [0.2, 0.25) is 0 Å². The van der Waals surface area contributed by atoms with Gasteiger partial charge in [-0.15, -0.1) is 0 Å². The van der Waals surface area contributed by atoms with Crippen molar-refractivity contribution in [3.05, 3.63) is 69.6 Å². The molecular weight excluding hydrogens is 274 g/mol. The van der Waals surface area contributed by atoms with Gasteiger partial charge in [-0.2, -0.15) is 5.26 Å². The van der Waals surface area contributed by atoms with Crippen LogP contribution in [0.15, 0.2) is 51.7 Å². The molecule has 22 heavy (non-hydrogen) atoms. The first kappa shape index (κ1) is 14.1. The Balaban J connectivity index is 2.52. The first-order valence-electron chi connectivity index (χ1n) is 7.11. The van der Waals surface area contributed by atoms with E-state index in [0.29, 0.717) is 11.1 Å². The molecule has 0 aliphatic rings. The summed E-state index contributed by atoms with van der Waals surface area (Å²) in [5, 5.41) is 9.95. The molecule has 2 aromatic carbocycles. The van der Waals surface area contributed by atoms with Crippen LogP contribution in [0.5, 0.6) is 0 Å². The third kappa shape index (κ3) is 2.29. The van der Waals surface area contributed by atoms with Crippen molar-refractivity contribution in [2.45, 2.75) is 20.3 Å². The molecule has 0 unspecified atom stereocenters. The maximum atomic E-state index is 12.3. The average Bonchev–Trinajstić information content (AvgIpc) is 2.50.